The third kappa shape index (κ3) is 3.01. The van der Waals surface area contributed by atoms with Crippen LogP contribution in [0.25, 0.3) is 21.8 Å². The molecule has 2 amide bonds. The van der Waals surface area contributed by atoms with Crippen molar-refractivity contribution >= 4 is 51.2 Å². The Hall–Kier alpha value is -4.27. The minimum atomic E-state index is -1.07. The number of aromatic nitrogens is 2. The third-order valence-electron chi connectivity index (χ3n) is 4.34. The minimum Gasteiger partial charge on any atom is -0.478 e. The van der Waals surface area contributed by atoms with Crippen LogP contribution in [0.5, 0.6) is 0 Å². The van der Waals surface area contributed by atoms with Crippen molar-refractivity contribution in [2.45, 2.75) is 0 Å². The number of amides is 2. The first kappa shape index (κ1) is 17.2. The lowest BCUT2D eigenvalue weighted by Crippen LogP contribution is -2.19. The molecule has 0 spiro atoms. The summed E-state index contributed by atoms with van der Waals surface area (Å²) in [5, 5.41) is 24.6. The van der Waals surface area contributed by atoms with E-state index in [4.69, 9.17) is 0 Å². The molecular weight excluding hydrogens is 364 g/mol. The number of aromatic amines is 2. The Labute approximate surface area is 157 Å². The van der Waals surface area contributed by atoms with Crippen LogP contribution in [0, 0.1) is 0 Å². The van der Waals surface area contributed by atoms with Crippen molar-refractivity contribution in [1.29, 1.82) is 0 Å². The van der Waals surface area contributed by atoms with Crippen LogP contribution in [0.1, 0.15) is 20.7 Å². The van der Waals surface area contributed by atoms with E-state index >= 15 is 0 Å². The second kappa shape index (κ2) is 6.47. The number of nitrogens with one attached hydrogen (secondary N) is 4. The maximum atomic E-state index is 12.3. The zero-order valence-corrected chi connectivity index (χ0v) is 14.2. The zero-order valence-electron chi connectivity index (χ0n) is 14.2. The molecule has 0 aliphatic rings. The molecule has 6 N–H and O–H groups in total. The van der Waals surface area contributed by atoms with Crippen LogP contribution in [0.4, 0.5) is 16.2 Å². The highest BCUT2D eigenvalue weighted by molar-refractivity contribution is 6.08. The molecule has 0 aliphatic heterocycles. The molecule has 0 aliphatic carbocycles. The van der Waals surface area contributed by atoms with E-state index in [1.807, 2.05) is 0 Å². The van der Waals surface area contributed by atoms with E-state index in [0.717, 1.165) is 0 Å². The van der Waals surface area contributed by atoms with Gasteiger partial charge in [-0.25, -0.2) is 14.4 Å². The van der Waals surface area contributed by atoms with Gasteiger partial charge in [0.2, 0.25) is 0 Å². The SMILES string of the molecule is O=C(Nc1ccc2[nH]cc(C(=O)O)c2c1)Nc1ccc2[nH]cc(C(=O)O)c2c1. The number of carbonyl (C=O) groups is 3. The van der Waals surface area contributed by atoms with Gasteiger partial charge in [0.25, 0.3) is 0 Å². The van der Waals surface area contributed by atoms with Gasteiger partial charge in [0.15, 0.2) is 0 Å². The molecule has 9 nitrogen and oxygen atoms in total. The summed E-state index contributed by atoms with van der Waals surface area (Å²) in [6, 6.07) is 9.20. The Morgan fingerprint density at radius 3 is 1.54 bits per heavy atom. The first-order valence-corrected chi connectivity index (χ1v) is 8.19. The van der Waals surface area contributed by atoms with Crippen LogP contribution in [-0.4, -0.2) is 38.2 Å². The van der Waals surface area contributed by atoms with Gasteiger partial charge in [-0.1, -0.05) is 0 Å². The van der Waals surface area contributed by atoms with E-state index < -0.39 is 18.0 Å². The Bertz CT molecular complexity index is 1160. The first-order chi connectivity index (χ1) is 13.4. The van der Waals surface area contributed by atoms with Crippen molar-refractivity contribution in [3.63, 3.8) is 0 Å². The molecule has 0 bridgehead atoms. The van der Waals surface area contributed by atoms with Crippen molar-refractivity contribution in [1.82, 2.24) is 9.97 Å². The molecule has 2 heterocycles. The summed E-state index contributed by atoms with van der Waals surface area (Å²) in [6.45, 7) is 0. The predicted octanol–water partition coefficient (Wildman–Crippen LogP) is 3.69. The highest BCUT2D eigenvalue weighted by Crippen LogP contribution is 2.24. The largest absolute Gasteiger partial charge is 0.478 e. The van der Waals surface area contributed by atoms with Crippen molar-refractivity contribution in [3.8, 4) is 0 Å². The van der Waals surface area contributed by atoms with Crippen molar-refractivity contribution in [2.24, 2.45) is 0 Å². The minimum absolute atomic E-state index is 0.109. The number of fused-ring (bicyclic) bond motifs is 2. The van der Waals surface area contributed by atoms with Gasteiger partial charge in [0.05, 0.1) is 11.1 Å². The molecule has 0 fully saturated rings. The lowest BCUT2D eigenvalue weighted by Gasteiger charge is -2.08. The summed E-state index contributed by atoms with van der Waals surface area (Å²) < 4.78 is 0. The van der Waals surface area contributed by atoms with Gasteiger partial charge in [0.1, 0.15) is 0 Å². The van der Waals surface area contributed by atoms with Crippen LogP contribution in [0.2, 0.25) is 0 Å². The summed E-state index contributed by atoms with van der Waals surface area (Å²) in [5.41, 5.74) is 2.34. The van der Waals surface area contributed by atoms with Crippen molar-refractivity contribution < 1.29 is 24.6 Å². The number of carboxylic acid groups (broad SMARTS) is 2. The summed E-state index contributed by atoms with van der Waals surface area (Å²) in [4.78, 5) is 40.5. The molecule has 4 rings (SSSR count). The molecule has 0 radical (unpaired) electrons. The zero-order chi connectivity index (χ0) is 19.8. The van der Waals surface area contributed by atoms with E-state index in [-0.39, 0.29) is 11.1 Å². The van der Waals surface area contributed by atoms with E-state index in [9.17, 15) is 24.6 Å². The maximum Gasteiger partial charge on any atom is 0.337 e. The average Bonchev–Trinajstić information content (AvgIpc) is 3.24. The number of rotatable bonds is 4. The highest BCUT2D eigenvalue weighted by atomic mass is 16.4. The number of hydrogen-bond donors (Lipinski definition) is 6. The van der Waals surface area contributed by atoms with Crippen LogP contribution in [-0.2, 0) is 0 Å². The molecule has 0 saturated heterocycles. The summed E-state index contributed by atoms with van der Waals surface area (Å²) in [7, 11) is 0. The van der Waals surface area contributed by atoms with Crippen LogP contribution < -0.4 is 10.6 Å². The number of H-pyrrole nitrogens is 2. The molecule has 4 aromatic rings. The van der Waals surface area contributed by atoms with Gasteiger partial charge in [-0.15, -0.1) is 0 Å². The van der Waals surface area contributed by atoms with Gasteiger partial charge in [-0.2, -0.15) is 0 Å². The topological polar surface area (TPSA) is 147 Å². The molecule has 28 heavy (non-hydrogen) atoms. The second-order valence-electron chi connectivity index (χ2n) is 6.11. The molecular formula is C19H14N4O5. The fourth-order valence-corrected chi connectivity index (χ4v) is 3.04. The molecule has 9 heteroatoms. The third-order valence-corrected chi connectivity index (χ3v) is 4.34. The van der Waals surface area contributed by atoms with Crippen LogP contribution >= 0.6 is 0 Å². The molecule has 140 valence electrons. The fraction of sp³-hybridized carbons (Fsp3) is 0. The first-order valence-electron chi connectivity index (χ1n) is 8.19. The lowest BCUT2D eigenvalue weighted by atomic mass is 10.1. The van der Waals surface area contributed by atoms with Gasteiger partial charge < -0.3 is 30.8 Å². The number of benzene rings is 2. The van der Waals surface area contributed by atoms with Gasteiger partial charge in [0, 0.05) is 45.6 Å². The normalized spacial score (nSPS) is 10.9. The Balaban J connectivity index is 1.56. The molecule has 0 saturated carbocycles. The molecule has 2 aromatic heterocycles. The van der Waals surface area contributed by atoms with Gasteiger partial charge in [-0.05, 0) is 36.4 Å². The van der Waals surface area contributed by atoms with Gasteiger partial charge in [-0.3, -0.25) is 0 Å². The number of urea groups is 1. The second-order valence-corrected chi connectivity index (χ2v) is 6.11. The quantitative estimate of drug-likeness (QED) is 0.320. The van der Waals surface area contributed by atoms with E-state index in [0.29, 0.717) is 33.2 Å². The molecule has 0 atom stereocenters. The number of carbonyl (C=O) groups excluding carboxylic acids is 1. The Morgan fingerprint density at radius 2 is 1.14 bits per heavy atom. The van der Waals surface area contributed by atoms with Crippen LogP contribution in [0.3, 0.4) is 0 Å². The highest BCUT2D eigenvalue weighted by Gasteiger charge is 2.13. The summed E-state index contributed by atoms with van der Waals surface area (Å²) in [5.74, 6) is -2.14. The Kier molecular flexibility index (Phi) is 3.96. The van der Waals surface area contributed by atoms with Crippen LogP contribution in [0.15, 0.2) is 48.8 Å². The number of anilines is 2. The van der Waals surface area contributed by atoms with E-state index in [1.165, 1.54) is 12.4 Å². The maximum absolute atomic E-state index is 12.3. The Morgan fingerprint density at radius 1 is 0.714 bits per heavy atom. The van der Waals surface area contributed by atoms with Crippen molar-refractivity contribution in [3.05, 3.63) is 59.9 Å². The lowest BCUT2D eigenvalue weighted by molar-refractivity contribution is 0.0688. The smallest absolute Gasteiger partial charge is 0.337 e. The van der Waals surface area contributed by atoms with E-state index in [2.05, 4.69) is 20.6 Å². The number of carboxylic acids is 2. The summed E-state index contributed by atoms with van der Waals surface area (Å²) in [6.07, 6.45) is 2.78. The molecule has 2 aromatic carbocycles. The number of aromatic carboxylic acids is 2. The fourth-order valence-electron chi connectivity index (χ4n) is 3.04. The number of hydrogen-bond acceptors (Lipinski definition) is 3. The predicted molar refractivity (Wildman–Crippen MR) is 103 cm³/mol. The van der Waals surface area contributed by atoms with Gasteiger partial charge >= 0.3 is 18.0 Å². The monoisotopic (exact) mass is 378 g/mol. The summed E-state index contributed by atoms with van der Waals surface area (Å²) >= 11 is 0. The van der Waals surface area contributed by atoms with Crippen molar-refractivity contribution in [2.75, 3.05) is 10.6 Å². The van der Waals surface area contributed by atoms with E-state index in [1.54, 1.807) is 36.4 Å². The average molecular weight is 378 g/mol. The molecule has 0 unspecified atom stereocenters. The standard InChI is InChI=1S/C19H14N4O5/c24-17(25)13-7-20-15-3-1-9(5-11(13)15)22-19(28)23-10-2-4-16-12(6-10)14(8-21-16)18(26)27/h1-8,20-21H,(H,24,25)(H,26,27)(H2,22,23,28).